The molecule has 1 aliphatic heterocycles. The van der Waals surface area contributed by atoms with Gasteiger partial charge in [0.2, 0.25) is 11.8 Å². The number of ether oxygens (including phenoxy) is 1. The Labute approximate surface area is 151 Å². The minimum absolute atomic E-state index is 0.224. The monoisotopic (exact) mass is 349 g/mol. The van der Waals surface area contributed by atoms with E-state index < -0.39 is 12.1 Å². The third-order valence-electron chi connectivity index (χ3n) is 4.13. The number of hydrogen-bond donors (Lipinski definition) is 2. The number of nitriles is 1. The van der Waals surface area contributed by atoms with Crippen molar-refractivity contribution in [3.8, 4) is 17.6 Å². The van der Waals surface area contributed by atoms with Crippen molar-refractivity contribution in [3.05, 3.63) is 60.2 Å². The van der Waals surface area contributed by atoms with Gasteiger partial charge in [0.25, 0.3) is 0 Å². The number of hydrogen-bond acceptors (Lipinski definition) is 4. The van der Waals surface area contributed by atoms with Gasteiger partial charge in [-0.3, -0.25) is 9.59 Å². The minimum atomic E-state index is -0.633. The number of nitrogens with one attached hydrogen (secondary N) is 2. The van der Waals surface area contributed by atoms with Gasteiger partial charge in [0.1, 0.15) is 23.6 Å². The summed E-state index contributed by atoms with van der Waals surface area (Å²) in [6, 6.07) is 17.6. The molecule has 0 spiro atoms. The Morgan fingerprint density at radius 2 is 1.62 bits per heavy atom. The van der Waals surface area contributed by atoms with E-state index in [1.165, 1.54) is 0 Å². The summed E-state index contributed by atoms with van der Waals surface area (Å²) in [5.41, 5.74) is 0.884. The first-order valence-electron chi connectivity index (χ1n) is 8.45. The van der Waals surface area contributed by atoms with Crippen molar-refractivity contribution in [3.63, 3.8) is 0 Å². The van der Waals surface area contributed by atoms with E-state index in [9.17, 15) is 9.59 Å². The van der Waals surface area contributed by atoms with Crippen LogP contribution in [-0.2, 0) is 16.0 Å². The minimum Gasteiger partial charge on any atom is -0.457 e. The van der Waals surface area contributed by atoms with Crippen molar-refractivity contribution in [2.45, 2.75) is 31.3 Å². The summed E-state index contributed by atoms with van der Waals surface area (Å²) in [5, 5.41) is 14.1. The molecule has 1 fully saturated rings. The zero-order valence-electron chi connectivity index (χ0n) is 14.1. The summed E-state index contributed by atoms with van der Waals surface area (Å²) in [7, 11) is 0. The maximum absolute atomic E-state index is 12.3. The maximum Gasteiger partial charge on any atom is 0.243 e. The van der Waals surface area contributed by atoms with Crippen molar-refractivity contribution in [1.29, 1.82) is 5.26 Å². The van der Waals surface area contributed by atoms with Crippen LogP contribution in [0.4, 0.5) is 0 Å². The Morgan fingerprint density at radius 1 is 0.923 bits per heavy atom. The third-order valence-corrected chi connectivity index (χ3v) is 4.13. The molecule has 132 valence electrons. The summed E-state index contributed by atoms with van der Waals surface area (Å²) in [6.07, 6.45) is 0.914. The molecule has 0 aromatic heterocycles. The van der Waals surface area contributed by atoms with Crippen molar-refractivity contribution in [2.24, 2.45) is 0 Å². The van der Waals surface area contributed by atoms with Crippen LogP contribution >= 0.6 is 0 Å². The first-order chi connectivity index (χ1) is 12.7. The smallest absolute Gasteiger partial charge is 0.243 e. The molecule has 0 aliphatic carbocycles. The van der Waals surface area contributed by atoms with Gasteiger partial charge in [-0.15, -0.1) is 0 Å². The Hall–Kier alpha value is -3.33. The van der Waals surface area contributed by atoms with Gasteiger partial charge in [0, 0.05) is 12.8 Å². The second kappa shape index (κ2) is 8.17. The molecular weight excluding hydrogens is 330 g/mol. The molecular formula is C20H19N3O3. The second-order valence-electron chi connectivity index (χ2n) is 6.09. The molecule has 2 amide bonds. The lowest BCUT2D eigenvalue weighted by Gasteiger charge is -2.29. The van der Waals surface area contributed by atoms with E-state index in [1.54, 1.807) is 0 Å². The van der Waals surface area contributed by atoms with E-state index in [-0.39, 0.29) is 18.2 Å². The van der Waals surface area contributed by atoms with Crippen LogP contribution in [0.3, 0.4) is 0 Å². The van der Waals surface area contributed by atoms with Crippen LogP contribution in [0.15, 0.2) is 54.6 Å². The van der Waals surface area contributed by atoms with E-state index in [1.807, 2.05) is 60.7 Å². The van der Waals surface area contributed by atoms with Crippen molar-refractivity contribution >= 4 is 11.8 Å². The Bertz CT molecular complexity index is 830. The maximum atomic E-state index is 12.3. The fourth-order valence-corrected chi connectivity index (χ4v) is 2.83. The molecule has 3 rings (SSSR count). The molecule has 6 nitrogen and oxygen atoms in total. The summed E-state index contributed by atoms with van der Waals surface area (Å²) < 4.78 is 5.80. The lowest BCUT2D eigenvalue weighted by molar-refractivity contribution is -0.136. The van der Waals surface area contributed by atoms with Crippen LogP contribution in [0.25, 0.3) is 0 Å². The van der Waals surface area contributed by atoms with E-state index in [4.69, 9.17) is 10.00 Å². The molecule has 2 atom stereocenters. The van der Waals surface area contributed by atoms with Gasteiger partial charge in [-0.2, -0.15) is 5.26 Å². The highest BCUT2D eigenvalue weighted by atomic mass is 16.5. The molecule has 6 heteroatoms. The fourth-order valence-electron chi connectivity index (χ4n) is 2.83. The Kier molecular flexibility index (Phi) is 5.49. The Morgan fingerprint density at radius 3 is 2.38 bits per heavy atom. The fraction of sp³-hybridized carbons (Fsp3) is 0.250. The van der Waals surface area contributed by atoms with Crippen molar-refractivity contribution in [1.82, 2.24) is 10.6 Å². The van der Waals surface area contributed by atoms with Crippen molar-refractivity contribution < 1.29 is 14.3 Å². The average molecular weight is 349 g/mol. The predicted octanol–water partition coefficient (Wildman–Crippen LogP) is 2.31. The van der Waals surface area contributed by atoms with E-state index in [2.05, 4.69) is 10.6 Å². The molecule has 1 aliphatic rings. The molecule has 2 N–H and O–H groups in total. The number of carbonyl (C=O) groups is 2. The van der Waals surface area contributed by atoms with Crippen LogP contribution in [0.5, 0.6) is 11.5 Å². The predicted molar refractivity (Wildman–Crippen MR) is 95.4 cm³/mol. The summed E-state index contributed by atoms with van der Waals surface area (Å²) in [6.45, 7) is 0. The summed E-state index contributed by atoms with van der Waals surface area (Å²) in [5.74, 6) is 0.917. The van der Waals surface area contributed by atoms with Gasteiger partial charge in [-0.05, 0) is 36.2 Å². The first-order valence-corrected chi connectivity index (χ1v) is 8.45. The molecule has 2 aromatic carbocycles. The molecule has 1 saturated heterocycles. The number of carbonyl (C=O) groups excluding carboxylic acids is 2. The van der Waals surface area contributed by atoms with Gasteiger partial charge in [-0.25, -0.2) is 0 Å². The van der Waals surface area contributed by atoms with E-state index in [0.29, 0.717) is 18.6 Å². The summed E-state index contributed by atoms with van der Waals surface area (Å²) in [4.78, 5) is 24.3. The second-order valence-corrected chi connectivity index (χ2v) is 6.09. The van der Waals surface area contributed by atoms with Crippen LogP contribution < -0.4 is 15.4 Å². The summed E-state index contributed by atoms with van der Waals surface area (Å²) >= 11 is 0. The van der Waals surface area contributed by atoms with Gasteiger partial charge < -0.3 is 15.4 Å². The van der Waals surface area contributed by atoms with Gasteiger partial charge in [0.05, 0.1) is 6.07 Å². The highest BCUT2D eigenvalue weighted by Gasteiger charge is 2.33. The zero-order valence-corrected chi connectivity index (χ0v) is 14.1. The number of benzene rings is 2. The standard InChI is InChI=1S/C20H19N3O3/c21-11-5-10-17-19(24)23-18(20(25)22-17)13-14-6-4-9-16(12-14)26-15-7-2-1-3-8-15/h1-4,6-9,12,17-18H,5,10,13H2,(H,22,25)(H,23,24). The van der Waals surface area contributed by atoms with Gasteiger partial charge >= 0.3 is 0 Å². The van der Waals surface area contributed by atoms with Gasteiger partial charge in [0.15, 0.2) is 0 Å². The first kappa shape index (κ1) is 17.5. The quantitative estimate of drug-likeness (QED) is 0.837. The molecule has 1 heterocycles. The highest BCUT2D eigenvalue weighted by molar-refractivity contribution is 5.97. The Balaban J connectivity index is 1.64. The zero-order chi connectivity index (χ0) is 18.4. The number of piperazine rings is 1. The largest absolute Gasteiger partial charge is 0.457 e. The lowest BCUT2D eigenvalue weighted by Crippen LogP contribution is -2.62. The van der Waals surface area contributed by atoms with Crippen LogP contribution in [-0.4, -0.2) is 23.9 Å². The van der Waals surface area contributed by atoms with Gasteiger partial charge in [-0.1, -0.05) is 30.3 Å². The molecule has 0 bridgehead atoms. The van der Waals surface area contributed by atoms with E-state index in [0.717, 1.165) is 11.3 Å². The number of para-hydroxylation sites is 1. The molecule has 2 unspecified atom stereocenters. The lowest BCUT2D eigenvalue weighted by atomic mass is 10.0. The van der Waals surface area contributed by atoms with Crippen molar-refractivity contribution in [2.75, 3.05) is 0 Å². The molecule has 0 saturated carbocycles. The number of amides is 2. The normalized spacial score (nSPS) is 19.2. The van der Waals surface area contributed by atoms with Crippen LogP contribution in [0.2, 0.25) is 0 Å². The third kappa shape index (κ3) is 4.39. The average Bonchev–Trinajstić information content (AvgIpc) is 2.64. The topological polar surface area (TPSA) is 91.2 Å². The number of rotatable bonds is 6. The van der Waals surface area contributed by atoms with Crippen LogP contribution in [0, 0.1) is 11.3 Å². The van der Waals surface area contributed by atoms with Crippen LogP contribution in [0.1, 0.15) is 18.4 Å². The molecule has 2 aromatic rings. The van der Waals surface area contributed by atoms with E-state index >= 15 is 0 Å². The SMILES string of the molecule is N#CCCC1NC(=O)C(Cc2cccc(Oc3ccccc3)c2)NC1=O. The molecule has 26 heavy (non-hydrogen) atoms. The highest BCUT2D eigenvalue weighted by Crippen LogP contribution is 2.22. The molecule has 0 radical (unpaired) electrons. The number of nitrogens with zero attached hydrogens (tertiary/aromatic N) is 1.